The average molecular weight is 349 g/mol. The van der Waals surface area contributed by atoms with E-state index in [1.165, 1.54) is 23.6 Å². The molecule has 24 heavy (non-hydrogen) atoms. The minimum atomic E-state index is -0.718. The molecule has 0 aliphatic carbocycles. The molecule has 0 spiro atoms. The quantitative estimate of drug-likeness (QED) is 0.453. The zero-order valence-corrected chi connectivity index (χ0v) is 13.6. The zero-order chi connectivity index (χ0) is 17.5. The van der Waals surface area contributed by atoms with E-state index < -0.39 is 16.4 Å². The number of rotatable bonds is 7. The molecule has 0 atom stereocenters. The number of carbonyl (C=O) groups excluding carboxylic acids is 1. The van der Waals surface area contributed by atoms with E-state index in [0.717, 1.165) is 10.9 Å². The molecule has 0 aliphatic rings. The monoisotopic (exact) mass is 349 g/mol. The van der Waals surface area contributed by atoms with Crippen molar-refractivity contribution < 1.29 is 19.6 Å². The van der Waals surface area contributed by atoms with E-state index in [9.17, 15) is 20.0 Å². The summed E-state index contributed by atoms with van der Waals surface area (Å²) in [6.45, 7) is 1.93. The van der Waals surface area contributed by atoms with Gasteiger partial charge in [0.1, 0.15) is 0 Å². The Kier molecular flexibility index (Phi) is 5.85. The van der Waals surface area contributed by atoms with Crippen molar-refractivity contribution in [1.82, 2.24) is 5.43 Å². The number of hydrogen-bond acceptors (Lipinski definition) is 7. The van der Waals surface area contributed by atoms with Gasteiger partial charge in [0, 0.05) is 16.5 Å². The second-order valence-corrected chi connectivity index (χ2v) is 5.66. The lowest BCUT2D eigenvalue weighted by Gasteiger charge is -2.07. The third-order valence-electron chi connectivity index (χ3n) is 2.89. The summed E-state index contributed by atoms with van der Waals surface area (Å²) < 4.78 is 5.16. The van der Waals surface area contributed by atoms with Gasteiger partial charge in [-0.2, -0.15) is 5.10 Å². The molecule has 2 rings (SSSR count). The molecule has 2 aromatic rings. The Morgan fingerprint density at radius 1 is 1.54 bits per heavy atom. The summed E-state index contributed by atoms with van der Waals surface area (Å²) in [6, 6.07) is 6.24. The highest BCUT2D eigenvalue weighted by atomic mass is 32.1. The van der Waals surface area contributed by atoms with Crippen molar-refractivity contribution in [3.8, 4) is 11.5 Å². The van der Waals surface area contributed by atoms with Gasteiger partial charge in [-0.25, -0.2) is 5.43 Å². The molecule has 1 heterocycles. The number of benzene rings is 1. The highest BCUT2D eigenvalue weighted by Crippen LogP contribution is 2.36. The van der Waals surface area contributed by atoms with E-state index in [-0.39, 0.29) is 24.7 Å². The molecule has 8 nitrogen and oxygen atoms in total. The fourth-order valence-electron chi connectivity index (χ4n) is 1.88. The van der Waals surface area contributed by atoms with Gasteiger partial charge in [-0.1, -0.05) is 6.07 Å². The number of phenolic OH excluding ortho intramolecular Hbond substituents is 1. The van der Waals surface area contributed by atoms with Crippen molar-refractivity contribution in [2.45, 2.75) is 13.3 Å². The van der Waals surface area contributed by atoms with Gasteiger partial charge in [0.25, 0.3) is 0 Å². The first-order valence-corrected chi connectivity index (χ1v) is 7.87. The molecule has 0 fully saturated rings. The number of hydrogen-bond donors (Lipinski definition) is 2. The summed E-state index contributed by atoms with van der Waals surface area (Å²) in [6.07, 6.45) is 1.45. The van der Waals surface area contributed by atoms with Crippen LogP contribution >= 0.6 is 11.3 Å². The second kappa shape index (κ2) is 8.06. The number of nitro groups is 1. The third-order valence-corrected chi connectivity index (χ3v) is 3.77. The lowest BCUT2D eigenvalue weighted by atomic mass is 10.2. The Labute approximate surface area is 141 Å². The standard InChI is InChI=1S/C15H15N3O5S/c1-2-23-13-7-10(6-12(15(13)20)18(21)22)9-16-17-14(19)8-11-4-3-5-24-11/h3-7,9,20H,2,8H2,1H3,(H,17,19)/b16-9+. The normalized spacial score (nSPS) is 10.7. The topological polar surface area (TPSA) is 114 Å². The molecular formula is C15H15N3O5S. The molecular weight excluding hydrogens is 334 g/mol. The third kappa shape index (κ3) is 4.53. The maximum Gasteiger partial charge on any atom is 0.315 e. The fourth-order valence-corrected chi connectivity index (χ4v) is 2.59. The molecule has 1 amide bonds. The lowest BCUT2D eigenvalue weighted by molar-refractivity contribution is -0.386. The Morgan fingerprint density at radius 3 is 2.96 bits per heavy atom. The van der Waals surface area contributed by atoms with Crippen molar-refractivity contribution in [2.75, 3.05) is 6.61 Å². The number of thiophene rings is 1. The Balaban J connectivity index is 2.10. The molecule has 9 heteroatoms. The predicted molar refractivity (Wildman–Crippen MR) is 89.7 cm³/mol. The van der Waals surface area contributed by atoms with Gasteiger partial charge in [-0.15, -0.1) is 11.3 Å². The summed E-state index contributed by atoms with van der Waals surface area (Å²) in [5.74, 6) is -0.856. The van der Waals surface area contributed by atoms with Gasteiger partial charge in [-0.3, -0.25) is 14.9 Å². The maximum absolute atomic E-state index is 11.7. The number of nitro benzene ring substituents is 1. The number of nitrogens with one attached hydrogen (secondary N) is 1. The summed E-state index contributed by atoms with van der Waals surface area (Å²) >= 11 is 1.46. The first-order valence-electron chi connectivity index (χ1n) is 6.99. The Hall–Kier alpha value is -2.94. The molecule has 0 saturated carbocycles. The number of hydrazone groups is 1. The molecule has 1 aromatic heterocycles. The molecule has 0 aliphatic heterocycles. The van der Waals surface area contributed by atoms with Crippen molar-refractivity contribution in [3.05, 3.63) is 50.2 Å². The predicted octanol–water partition coefficient (Wildman–Crippen LogP) is 2.45. The van der Waals surface area contributed by atoms with Crippen molar-refractivity contribution >= 4 is 29.1 Å². The minimum Gasteiger partial charge on any atom is -0.500 e. The number of carbonyl (C=O) groups is 1. The zero-order valence-electron chi connectivity index (χ0n) is 12.8. The smallest absolute Gasteiger partial charge is 0.315 e. The van der Waals surface area contributed by atoms with Crippen LogP contribution in [-0.4, -0.2) is 28.8 Å². The summed E-state index contributed by atoms with van der Waals surface area (Å²) in [5.41, 5.74) is 2.17. The highest BCUT2D eigenvalue weighted by molar-refractivity contribution is 7.10. The van der Waals surface area contributed by atoms with Crippen LogP contribution in [0, 0.1) is 10.1 Å². The van der Waals surface area contributed by atoms with Crippen LogP contribution < -0.4 is 10.2 Å². The first kappa shape index (κ1) is 17.4. The molecule has 126 valence electrons. The number of nitrogens with zero attached hydrogens (tertiary/aromatic N) is 2. The van der Waals surface area contributed by atoms with Crippen LogP contribution in [0.25, 0.3) is 0 Å². The van der Waals surface area contributed by atoms with Crippen LogP contribution in [0.2, 0.25) is 0 Å². The molecule has 1 aromatic carbocycles. The van der Waals surface area contributed by atoms with Crippen LogP contribution in [0.5, 0.6) is 11.5 Å². The van der Waals surface area contributed by atoms with Gasteiger partial charge >= 0.3 is 5.69 Å². The van der Waals surface area contributed by atoms with E-state index >= 15 is 0 Å². The van der Waals surface area contributed by atoms with Gasteiger partial charge in [-0.05, 0) is 24.4 Å². The van der Waals surface area contributed by atoms with Gasteiger partial charge in [0.15, 0.2) is 5.75 Å². The Bertz CT molecular complexity index is 759. The van der Waals surface area contributed by atoms with E-state index in [2.05, 4.69) is 10.5 Å². The highest BCUT2D eigenvalue weighted by Gasteiger charge is 2.19. The molecule has 0 saturated heterocycles. The SMILES string of the molecule is CCOc1cc(/C=N/NC(=O)Cc2cccs2)cc([N+](=O)[O-])c1O. The van der Waals surface area contributed by atoms with E-state index in [4.69, 9.17) is 4.74 Å². The van der Waals surface area contributed by atoms with Crippen LogP contribution in [0.4, 0.5) is 5.69 Å². The van der Waals surface area contributed by atoms with Crippen molar-refractivity contribution in [3.63, 3.8) is 0 Å². The number of phenols is 1. The summed E-state index contributed by atoms with van der Waals surface area (Å²) in [5, 5.41) is 26.4. The lowest BCUT2D eigenvalue weighted by Crippen LogP contribution is -2.19. The van der Waals surface area contributed by atoms with Crippen LogP contribution in [-0.2, 0) is 11.2 Å². The molecule has 2 N–H and O–H groups in total. The summed E-state index contributed by atoms with van der Waals surface area (Å²) in [4.78, 5) is 22.9. The fraction of sp³-hybridized carbons (Fsp3) is 0.200. The Morgan fingerprint density at radius 2 is 2.33 bits per heavy atom. The molecule has 0 unspecified atom stereocenters. The van der Waals surface area contributed by atoms with Gasteiger partial charge in [0.2, 0.25) is 11.7 Å². The molecule has 0 radical (unpaired) electrons. The summed E-state index contributed by atoms with van der Waals surface area (Å²) in [7, 11) is 0. The van der Waals surface area contributed by atoms with Crippen LogP contribution in [0.1, 0.15) is 17.4 Å². The number of amides is 1. The number of aromatic hydroxyl groups is 1. The van der Waals surface area contributed by atoms with Crippen molar-refractivity contribution in [1.29, 1.82) is 0 Å². The van der Waals surface area contributed by atoms with Crippen LogP contribution in [0.3, 0.4) is 0 Å². The average Bonchev–Trinajstić information content (AvgIpc) is 3.03. The first-order chi connectivity index (χ1) is 11.5. The molecule has 0 bridgehead atoms. The van der Waals surface area contributed by atoms with E-state index in [1.807, 2.05) is 17.5 Å². The minimum absolute atomic E-state index is 0.0157. The second-order valence-electron chi connectivity index (χ2n) is 4.63. The maximum atomic E-state index is 11.7. The van der Waals surface area contributed by atoms with E-state index in [1.54, 1.807) is 6.92 Å². The van der Waals surface area contributed by atoms with Crippen LogP contribution in [0.15, 0.2) is 34.7 Å². The van der Waals surface area contributed by atoms with Gasteiger partial charge < -0.3 is 9.84 Å². The number of ether oxygens (including phenoxy) is 1. The van der Waals surface area contributed by atoms with Gasteiger partial charge in [0.05, 0.1) is 24.2 Å². The largest absolute Gasteiger partial charge is 0.500 e. The van der Waals surface area contributed by atoms with Crippen molar-refractivity contribution in [2.24, 2.45) is 5.10 Å². The van der Waals surface area contributed by atoms with E-state index in [0.29, 0.717) is 5.56 Å².